The molecule has 3 aliphatic rings. The number of fused-ring (bicyclic) bond motifs is 3. The van der Waals surface area contributed by atoms with Crippen molar-refractivity contribution in [3.05, 3.63) is 59.4 Å². The van der Waals surface area contributed by atoms with Gasteiger partial charge >= 0.3 is 6.03 Å². The lowest BCUT2D eigenvalue weighted by molar-refractivity contribution is 0.118. The minimum absolute atomic E-state index is 0.120. The molecule has 0 spiro atoms. The Balaban J connectivity index is 1.48. The van der Waals surface area contributed by atoms with Crippen molar-refractivity contribution in [1.82, 2.24) is 14.8 Å². The Kier molecular flexibility index (Phi) is 5.70. The number of phenols is 1. The zero-order valence-corrected chi connectivity index (χ0v) is 18.9. The standard InChI is InChI=1S/C25H29FN4O3/c1-28-10-4-5-16(13-28)14-29(2)25(32)30-24(17-6-3-7-19(31)11-17)21-15-33-22-9-8-18(26)12-20(22)23(21)27-30/h3,6-9,11-12,16,21,24,31H,4-5,10,13-15H2,1-2H3/t16-,21?,24?/m1/s1. The first-order chi connectivity index (χ1) is 15.9. The van der Waals surface area contributed by atoms with E-state index < -0.39 is 6.04 Å². The molecule has 2 unspecified atom stereocenters. The van der Waals surface area contributed by atoms with Crippen LogP contribution in [-0.4, -0.2) is 72.0 Å². The second kappa shape index (κ2) is 8.67. The summed E-state index contributed by atoms with van der Waals surface area (Å²) in [7, 11) is 3.92. The van der Waals surface area contributed by atoms with Crippen LogP contribution in [0.25, 0.3) is 0 Å². The van der Waals surface area contributed by atoms with Crippen LogP contribution < -0.4 is 4.74 Å². The van der Waals surface area contributed by atoms with E-state index >= 15 is 0 Å². The van der Waals surface area contributed by atoms with E-state index in [0.717, 1.165) is 31.5 Å². The van der Waals surface area contributed by atoms with Crippen molar-refractivity contribution in [2.24, 2.45) is 16.9 Å². The van der Waals surface area contributed by atoms with Crippen molar-refractivity contribution in [2.45, 2.75) is 18.9 Å². The molecule has 174 valence electrons. The predicted octanol–water partition coefficient (Wildman–Crippen LogP) is 3.69. The number of hydrazone groups is 1. The molecule has 7 nitrogen and oxygen atoms in total. The number of aromatic hydroxyl groups is 1. The highest BCUT2D eigenvalue weighted by Crippen LogP contribution is 2.43. The van der Waals surface area contributed by atoms with E-state index in [9.17, 15) is 14.3 Å². The first-order valence-electron chi connectivity index (χ1n) is 11.4. The van der Waals surface area contributed by atoms with Gasteiger partial charge < -0.3 is 19.6 Å². The van der Waals surface area contributed by atoms with Gasteiger partial charge in [0, 0.05) is 25.7 Å². The number of piperidine rings is 1. The number of nitrogens with zero attached hydrogens (tertiary/aromatic N) is 4. The van der Waals surface area contributed by atoms with Gasteiger partial charge in [-0.1, -0.05) is 12.1 Å². The number of urea groups is 1. The summed E-state index contributed by atoms with van der Waals surface area (Å²) in [4.78, 5) is 17.7. The van der Waals surface area contributed by atoms with E-state index in [1.165, 1.54) is 17.1 Å². The van der Waals surface area contributed by atoms with Gasteiger partial charge in [-0.2, -0.15) is 5.10 Å². The molecule has 0 radical (unpaired) electrons. The first-order valence-corrected chi connectivity index (χ1v) is 11.4. The van der Waals surface area contributed by atoms with Gasteiger partial charge in [-0.3, -0.25) is 0 Å². The zero-order chi connectivity index (χ0) is 23.1. The highest BCUT2D eigenvalue weighted by atomic mass is 19.1. The topological polar surface area (TPSA) is 68.6 Å². The molecule has 3 heterocycles. The number of rotatable bonds is 3. The van der Waals surface area contributed by atoms with Gasteiger partial charge in [-0.05, 0) is 68.2 Å². The van der Waals surface area contributed by atoms with E-state index in [0.29, 0.717) is 36.1 Å². The van der Waals surface area contributed by atoms with Gasteiger partial charge in [0.25, 0.3) is 0 Å². The second-order valence-corrected chi connectivity index (χ2v) is 9.36. The summed E-state index contributed by atoms with van der Waals surface area (Å²) in [5, 5.41) is 16.3. The van der Waals surface area contributed by atoms with Gasteiger partial charge in [0.1, 0.15) is 17.3 Å². The second-order valence-electron chi connectivity index (χ2n) is 9.36. The maximum Gasteiger partial charge on any atom is 0.340 e. The fraction of sp³-hybridized carbons (Fsp3) is 0.440. The molecule has 5 rings (SSSR count). The van der Waals surface area contributed by atoms with Crippen LogP contribution in [0.1, 0.15) is 30.0 Å². The molecule has 0 aromatic heterocycles. The molecule has 3 atom stereocenters. The minimum atomic E-state index is -0.451. The summed E-state index contributed by atoms with van der Waals surface area (Å²) >= 11 is 0. The van der Waals surface area contributed by atoms with E-state index in [1.807, 2.05) is 13.1 Å². The largest absolute Gasteiger partial charge is 0.508 e. The van der Waals surface area contributed by atoms with Crippen LogP contribution in [-0.2, 0) is 0 Å². The lowest BCUT2D eigenvalue weighted by atomic mass is 9.86. The molecule has 33 heavy (non-hydrogen) atoms. The highest BCUT2D eigenvalue weighted by molar-refractivity contribution is 6.07. The summed E-state index contributed by atoms with van der Waals surface area (Å²) in [6, 6.07) is 10.6. The molecular weight excluding hydrogens is 423 g/mol. The van der Waals surface area contributed by atoms with Crippen LogP contribution in [0.3, 0.4) is 0 Å². The van der Waals surface area contributed by atoms with Crippen LogP contribution in [0.5, 0.6) is 11.5 Å². The SMILES string of the molecule is CN1CCC[C@@H](CN(C)C(=O)N2N=C3c4cc(F)ccc4OCC3C2c2cccc(O)c2)C1. The number of amides is 2. The zero-order valence-electron chi connectivity index (χ0n) is 18.9. The fourth-order valence-corrected chi connectivity index (χ4v) is 5.31. The summed E-state index contributed by atoms with van der Waals surface area (Å²) in [6.45, 7) is 3.01. The number of halogens is 1. The Labute approximate surface area is 193 Å². The van der Waals surface area contributed by atoms with E-state index in [-0.39, 0.29) is 23.5 Å². The molecule has 2 amide bonds. The quantitative estimate of drug-likeness (QED) is 0.771. The van der Waals surface area contributed by atoms with Crippen LogP contribution in [0, 0.1) is 17.7 Å². The van der Waals surface area contributed by atoms with Gasteiger partial charge in [-0.25, -0.2) is 14.2 Å². The molecule has 0 saturated carbocycles. The Morgan fingerprint density at radius 1 is 1.30 bits per heavy atom. The van der Waals surface area contributed by atoms with Crippen LogP contribution in [0.4, 0.5) is 9.18 Å². The van der Waals surface area contributed by atoms with Crippen molar-refractivity contribution >= 4 is 11.7 Å². The maximum absolute atomic E-state index is 14.1. The van der Waals surface area contributed by atoms with Gasteiger partial charge in [0.2, 0.25) is 0 Å². The third kappa shape index (κ3) is 4.15. The van der Waals surface area contributed by atoms with Gasteiger partial charge in [0.05, 0.1) is 24.3 Å². The summed E-state index contributed by atoms with van der Waals surface area (Å²) in [5.74, 6) is 0.453. The lowest BCUT2D eigenvalue weighted by Crippen LogP contribution is -2.45. The molecule has 2 aromatic carbocycles. The molecule has 8 heteroatoms. The third-order valence-electron chi connectivity index (χ3n) is 6.84. The molecule has 1 N–H and O–H groups in total. The summed E-state index contributed by atoms with van der Waals surface area (Å²) in [6.07, 6.45) is 2.22. The van der Waals surface area contributed by atoms with E-state index in [4.69, 9.17) is 9.84 Å². The van der Waals surface area contributed by atoms with Crippen molar-refractivity contribution in [3.63, 3.8) is 0 Å². The van der Waals surface area contributed by atoms with Crippen LogP contribution in [0.15, 0.2) is 47.6 Å². The molecule has 2 aromatic rings. The first kappa shape index (κ1) is 21.7. The minimum Gasteiger partial charge on any atom is -0.508 e. The Hall–Kier alpha value is -3.13. The lowest BCUT2D eigenvalue weighted by Gasteiger charge is -2.35. The monoisotopic (exact) mass is 452 g/mol. The number of carbonyl (C=O) groups excluding carboxylic acids is 1. The molecule has 1 saturated heterocycles. The molecule has 0 aliphatic carbocycles. The maximum atomic E-state index is 14.1. The molecular formula is C25H29FN4O3. The van der Waals surface area contributed by atoms with Crippen LogP contribution >= 0.6 is 0 Å². The van der Waals surface area contributed by atoms with Gasteiger partial charge in [-0.15, -0.1) is 0 Å². The van der Waals surface area contributed by atoms with Crippen molar-refractivity contribution < 1.29 is 19.0 Å². The Morgan fingerprint density at radius 3 is 2.94 bits per heavy atom. The normalized spacial score (nSPS) is 24.5. The average molecular weight is 453 g/mol. The number of phenolic OH excluding ortho intramolecular Hbond substituents is 1. The van der Waals surface area contributed by atoms with E-state index in [2.05, 4.69) is 11.9 Å². The molecule has 3 aliphatic heterocycles. The smallest absolute Gasteiger partial charge is 0.340 e. The molecule has 0 bridgehead atoms. The van der Waals surface area contributed by atoms with Crippen molar-refractivity contribution in [1.29, 1.82) is 0 Å². The number of ether oxygens (including phenoxy) is 1. The third-order valence-corrected chi connectivity index (χ3v) is 6.84. The fourth-order valence-electron chi connectivity index (χ4n) is 5.31. The predicted molar refractivity (Wildman–Crippen MR) is 123 cm³/mol. The number of benzene rings is 2. The highest BCUT2D eigenvalue weighted by Gasteiger charge is 2.46. The Morgan fingerprint density at radius 2 is 2.15 bits per heavy atom. The van der Waals surface area contributed by atoms with Gasteiger partial charge in [0.15, 0.2) is 0 Å². The molecule has 1 fully saturated rings. The van der Waals surface area contributed by atoms with Crippen molar-refractivity contribution in [3.8, 4) is 11.5 Å². The number of carbonyl (C=O) groups is 1. The van der Waals surface area contributed by atoms with Crippen LogP contribution in [0.2, 0.25) is 0 Å². The van der Waals surface area contributed by atoms with Crippen molar-refractivity contribution in [2.75, 3.05) is 40.3 Å². The Bertz CT molecular complexity index is 1090. The average Bonchev–Trinajstić information content (AvgIpc) is 3.18. The summed E-state index contributed by atoms with van der Waals surface area (Å²) < 4.78 is 20.0. The number of hydrogen-bond acceptors (Lipinski definition) is 5. The van der Waals surface area contributed by atoms with E-state index in [1.54, 1.807) is 29.2 Å². The summed E-state index contributed by atoms with van der Waals surface area (Å²) in [5.41, 5.74) is 1.98. The number of hydrogen-bond donors (Lipinski definition) is 1. The number of likely N-dealkylation sites (tertiary alicyclic amines) is 1.